The molecule has 5 atom stereocenters. The van der Waals surface area contributed by atoms with Crippen molar-refractivity contribution in [3.63, 3.8) is 0 Å². The van der Waals surface area contributed by atoms with Gasteiger partial charge in [-0.05, 0) is 62.2 Å². The summed E-state index contributed by atoms with van der Waals surface area (Å²) in [6.07, 6.45) is 5.59. The monoisotopic (exact) mass is 512 g/mol. The number of carbonyl (C=O) groups is 3. The number of carbonyl (C=O) groups excluding carboxylic acids is 3. The SMILES string of the molecule is CC(C)[C@@H]1CC[C@@H](C)CC(=O)N2C[C@H]3C[C@@H](CN(C(=O)CCCS(N)(=O)=O)C3)[C@@H]2CCCC(=O)N1. The average molecular weight is 513 g/mol. The van der Waals surface area contributed by atoms with Gasteiger partial charge >= 0.3 is 0 Å². The first-order chi connectivity index (χ1) is 16.4. The highest BCUT2D eigenvalue weighted by Crippen LogP contribution is 2.36. The number of amides is 3. The highest BCUT2D eigenvalue weighted by atomic mass is 32.2. The summed E-state index contributed by atoms with van der Waals surface area (Å²) in [5.74, 6) is 1.06. The zero-order valence-corrected chi connectivity index (χ0v) is 22.4. The molecule has 3 amide bonds. The summed E-state index contributed by atoms with van der Waals surface area (Å²) in [6, 6.07) is 0.164. The summed E-state index contributed by atoms with van der Waals surface area (Å²) in [7, 11) is -3.57. The van der Waals surface area contributed by atoms with Crippen LogP contribution in [0.25, 0.3) is 0 Å². The van der Waals surface area contributed by atoms with E-state index in [1.807, 2.05) is 4.90 Å². The van der Waals surface area contributed by atoms with E-state index in [1.54, 1.807) is 0 Å². The Morgan fingerprint density at radius 3 is 2.57 bits per heavy atom. The van der Waals surface area contributed by atoms with Crippen molar-refractivity contribution < 1.29 is 22.8 Å². The zero-order valence-electron chi connectivity index (χ0n) is 21.6. The van der Waals surface area contributed by atoms with Crippen molar-refractivity contribution in [1.29, 1.82) is 0 Å². The third kappa shape index (κ3) is 8.17. The molecule has 3 heterocycles. The fraction of sp³-hybridized carbons (Fsp3) is 0.880. The van der Waals surface area contributed by atoms with E-state index in [2.05, 4.69) is 31.0 Å². The van der Waals surface area contributed by atoms with Crippen molar-refractivity contribution in [1.82, 2.24) is 15.1 Å². The summed E-state index contributed by atoms with van der Waals surface area (Å²) in [5, 5.41) is 8.28. The van der Waals surface area contributed by atoms with Crippen LogP contribution in [0.3, 0.4) is 0 Å². The van der Waals surface area contributed by atoms with Gasteiger partial charge < -0.3 is 15.1 Å². The maximum Gasteiger partial charge on any atom is 0.223 e. The minimum absolute atomic E-state index is 0.0282. The molecule has 35 heavy (non-hydrogen) atoms. The number of sulfonamides is 1. The van der Waals surface area contributed by atoms with Crippen LogP contribution in [0.4, 0.5) is 0 Å². The molecule has 0 radical (unpaired) electrons. The van der Waals surface area contributed by atoms with Gasteiger partial charge in [0.25, 0.3) is 0 Å². The van der Waals surface area contributed by atoms with Crippen molar-refractivity contribution in [3.05, 3.63) is 0 Å². The Bertz CT molecular complexity index is 877. The van der Waals surface area contributed by atoms with Crippen molar-refractivity contribution in [2.45, 2.75) is 90.6 Å². The van der Waals surface area contributed by atoms with E-state index in [9.17, 15) is 22.8 Å². The molecule has 3 fully saturated rings. The lowest BCUT2D eigenvalue weighted by Gasteiger charge is -2.51. The molecule has 200 valence electrons. The van der Waals surface area contributed by atoms with Gasteiger partial charge in [0.05, 0.1) is 5.75 Å². The normalized spacial score (nSPS) is 31.2. The molecule has 0 saturated carbocycles. The molecule has 0 aromatic carbocycles. The molecule has 0 unspecified atom stereocenters. The summed E-state index contributed by atoms with van der Waals surface area (Å²) in [6.45, 7) is 8.21. The molecule has 0 aliphatic carbocycles. The number of fused-ring (bicyclic) bond motifs is 4. The Kier molecular flexibility index (Phi) is 9.60. The predicted octanol–water partition coefficient (Wildman–Crippen LogP) is 1.86. The lowest BCUT2D eigenvalue weighted by Crippen LogP contribution is -2.60. The molecule has 3 rings (SSSR count). The van der Waals surface area contributed by atoms with E-state index in [4.69, 9.17) is 5.14 Å². The molecule has 0 aromatic heterocycles. The molecular weight excluding hydrogens is 468 g/mol. The molecule has 0 spiro atoms. The Morgan fingerprint density at radius 1 is 1.14 bits per heavy atom. The molecule has 10 heteroatoms. The minimum Gasteiger partial charge on any atom is -0.353 e. The van der Waals surface area contributed by atoms with Gasteiger partial charge in [-0.15, -0.1) is 0 Å². The third-order valence-electron chi connectivity index (χ3n) is 8.01. The number of nitrogens with one attached hydrogen (secondary N) is 1. The maximum absolute atomic E-state index is 13.4. The Balaban J connectivity index is 1.69. The zero-order chi connectivity index (χ0) is 25.8. The van der Waals surface area contributed by atoms with Gasteiger partial charge in [-0.2, -0.15) is 0 Å². The van der Waals surface area contributed by atoms with Crippen molar-refractivity contribution in [3.8, 4) is 0 Å². The molecule has 3 aliphatic heterocycles. The molecule has 3 aliphatic rings. The predicted molar refractivity (Wildman–Crippen MR) is 135 cm³/mol. The first kappa shape index (κ1) is 27.9. The van der Waals surface area contributed by atoms with E-state index in [0.717, 1.165) is 25.7 Å². The second kappa shape index (κ2) is 12.0. The van der Waals surface area contributed by atoms with Crippen LogP contribution >= 0.6 is 0 Å². The number of hydrogen-bond acceptors (Lipinski definition) is 5. The van der Waals surface area contributed by atoms with E-state index in [-0.39, 0.29) is 66.2 Å². The first-order valence-corrected chi connectivity index (χ1v) is 15.0. The number of hydrogen-bond donors (Lipinski definition) is 2. The topological polar surface area (TPSA) is 130 Å². The summed E-state index contributed by atoms with van der Waals surface area (Å²) in [4.78, 5) is 42.8. The molecule has 2 bridgehead atoms. The maximum atomic E-state index is 13.4. The van der Waals surface area contributed by atoms with Gasteiger partial charge in [0.1, 0.15) is 0 Å². The first-order valence-electron chi connectivity index (χ1n) is 13.3. The average Bonchev–Trinajstić information content (AvgIpc) is 2.76. The van der Waals surface area contributed by atoms with E-state index >= 15 is 0 Å². The fourth-order valence-corrected chi connectivity index (χ4v) is 6.64. The summed E-state index contributed by atoms with van der Waals surface area (Å²) >= 11 is 0. The van der Waals surface area contributed by atoms with Crippen LogP contribution in [0.1, 0.15) is 78.6 Å². The number of nitrogens with zero attached hydrogens (tertiary/aromatic N) is 2. The molecule has 9 nitrogen and oxygen atoms in total. The number of piperidine rings is 2. The Labute approximate surface area is 210 Å². The standard InChI is InChI=1S/C25H44N4O5S/c1-17(2)21-10-9-18(3)12-25(32)29-15-19-13-20(22(29)6-4-7-23(30)27-21)16-28(14-19)24(31)8-5-11-35(26,33)34/h17-22H,4-16H2,1-3H3,(H,27,30)(H2,26,33,34)/t18-,19+,20+,21+,22+/m1/s1. The van der Waals surface area contributed by atoms with Gasteiger partial charge in [0.15, 0.2) is 0 Å². The van der Waals surface area contributed by atoms with E-state index in [0.29, 0.717) is 44.8 Å². The smallest absolute Gasteiger partial charge is 0.223 e. The molecular formula is C25H44N4O5S. The number of primary sulfonamides is 1. The van der Waals surface area contributed by atoms with Crippen LogP contribution in [-0.2, 0) is 24.4 Å². The molecule has 3 saturated heterocycles. The van der Waals surface area contributed by atoms with Crippen LogP contribution < -0.4 is 10.5 Å². The van der Waals surface area contributed by atoms with Crippen molar-refractivity contribution in [2.24, 2.45) is 28.8 Å². The van der Waals surface area contributed by atoms with Crippen LogP contribution in [0, 0.1) is 23.7 Å². The third-order valence-corrected chi connectivity index (χ3v) is 8.87. The molecule has 3 N–H and O–H groups in total. The largest absolute Gasteiger partial charge is 0.353 e. The van der Waals surface area contributed by atoms with Crippen LogP contribution in [0.15, 0.2) is 0 Å². The lowest BCUT2D eigenvalue weighted by molar-refractivity contribution is -0.146. The second-order valence-corrected chi connectivity index (χ2v) is 13.2. The van der Waals surface area contributed by atoms with Crippen molar-refractivity contribution >= 4 is 27.7 Å². The van der Waals surface area contributed by atoms with Crippen molar-refractivity contribution in [2.75, 3.05) is 25.4 Å². The number of rotatable bonds is 5. The fourth-order valence-electron chi connectivity index (χ4n) is 6.09. The Morgan fingerprint density at radius 2 is 1.89 bits per heavy atom. The van der Waals surface area contributed by atoms with Gasteiger partial charge in [-0.25, -0.2) is 13.6 Å². The van der Waals surface area contributed by atoms with Gasteiger partial charge in [-0.3, -0.25) is 14.4 Å². The van der Waals surface area contributed by atoms with Gasteiger partial charge in [-0.1, -0.05) is 20.8 Å². The van der Waals surface area contributed by atoms with Crippen LogP contribution in [0.2, 0.25) is 0 Å². The van der Waals surface area contributed by atoms with Gasteiger partial charge in [0.2, 0.25) is 27.7 Å². The second-order valence-electron chi connectivity index (χ2n) is 11.4. The summed E-state index contributed by atoms with van der Waals surface area (Å²) in [5.41, 5.74) is 0. The lowest BCUT2D eigenvalue weighted by atomic mass is 9.77. The minimum atomic E-state index is -3.57. The molecule has 0 aromatic rings. The quantitative estimate of drug-likeness (QED) is 0.581. The van der Waals surface area contributed by atoms with E-state index < -0.39 is 10.0 Å². The van der Waals surface area contributed by atoms with Crippen LogP contribution in [-0.4, -0.2) is 73.4 Å². The number of likely N-dealkylation sites (tertiary alicyclic amines) is 1. The Hall–Kier alpha value is -1.68. The van der Waals surface area contributed by atoms with Crippen LogP contribution in [0.5, 0.6) is 0 Å². The highest BCUT2D eigenvalue weighted by molar-refractivity contribution is 7.89. The highest BCUT2D eigenvalue weighted by Gasteiger charge is 2.43. The summed E-state index contributed by atoms with van der Waals surface area (Å²) < 4.78 is 22.4. The number of nitrogens with two attached hydrogens (primary N) is 1. The van der Waals surface area contributed by atoms with E-state index in [1.165, 1.54) is 0 Å². The van der Waals surface area contributed by atoms with Gasteiger partial charge in [0, 0.05) is 51.0 Å².